The lowest BCUT2D eigenvalue weighted by molar-refractivity contribution is -0.117. The number of benzene rings is 2. The Balaban J connectivity index is 1.53. The van der Waals surface area contributed by atoms with Crippen LogP contribution in [0.2, 0.25) is 0 Å². The van der Waals surface area contributed by atoms with Gasteiger partial charge in [0.2, 0.25) is 10.0 Å². The molecule has 0 saturated carbocycles. The largest absolute Gasteiger partial charge is 0.467 e. The number of nitrogens with zero attached hydrogens (tertiary/aromatic N) is 4. The lowest BCUT2D eigenvalue weighted by Crippen LogP contribution is -2.31. The van der Waals surface area contributed by atoms with Gasteiger partial charge < -0.3 is 9.73 Å². The molecule has 40 heavy (non-hydrogen) atoms. The van der Waals surface area contributed by atoms with Crippen LogP contribution in [0.5, 0.6) is 0 Å². The lowest BCUT2D eigenvalue weighted by atomic mass is 10.1. The average molecular weight is 556 g/mol. The number of nitriles is 1. The molecule has 2 aromatic heterocycles. The molecule has 1 fully saturated rings. The fourth-order valence-corrected chi connectivity index (χ4v) is 6.21. The first kappa shape index (κ1) is 27.1. The number of carbonyl (C=O) groups is 1. The molecule has 9 nitrogen and oxygen atoms in total. The molecule has 1 aliphatic rings. The molecule has 3 heterocycles. The maximum atomic E-state index is 13.5. The number of nitrogens with one attached hydrogen (secondary N) is 1. The summed E-state index contributed by atoms with van der Waals surface area (Å²) < 4.78 is 35.5. The number of rotatable bonds is 8. The summed E-state index contributed by atoms with van der Waals surface area (Å²) in [6.07, 6.45) is 8.42. The predicted molar refractivity (Wildman–Crippen MR) is 150 cm³/mol. The number of sulfonamides is 1. The zero-order valence-corrected chi connectivity index (χ0v) is 22.7. The highest BCUT2D eigenvalue weighted by Gasteiger charge is 2.26. The van der Waals surface area contributed by atoms with E-state index in [-0.39, 0.29) is 17.0 Å². The second-order valence-electron chi connectivity index (χ2n) is 9.49. The predicted octanol–water partition coefficient (Wildman–Crippen LogP) is 4.92. The molecule has 1 saturated heterocycles. The highest BCUT2D eigenvalue weighted by atomic mass is 32.2. The first-order chi connectivity index (χ1) is 19.5. The molecule has 5 rings (SSSR count). The Hall–Kier alpha value is -4.46. The zero-order valence-electron chi connectivity index (χ0n) is 21.9. The first-order valence-corrected chi connectivity index (χ1v) is 14.6. The molecule has 0 bridgehead atoms. The zero-order chi connectivity index (χ0) is 28.0. The molecule has 2 aromatic carbocycles. The second kappa shape index (κ2) is 12.2. The Bertz CT molecular complexity index is 1640. The third kappa shape index (κ3) is 6.06. The van der Waals surface area contributed by atoms with Gasteiger partial charge in [-0.3, -0.25) is 4.79 Å². The molecule has 0 atom stereocenters. The van der Waals surface area contributed by atoms with Gasteiger partial charge in [0, 0.05) is 30.4 Å². The maximum absolute atomic E-state index is 13.5. The van der Waals surface area contributed by atoms with Gasteiger partial charge in [0.05, 0.1) is 23.4 Å². The van der Waals surface area contributed by atoms with Gasteiger partial charge in [0.25, 0.3) is 5.91 Å². The van der Waals surface area contributed by atoms with E-state index in [0.29, 0.717) is 35.7 Å². The van der Waals surface area contributed by atoms with Crippen LogP contribution in [0.4, 0.5) is 0 Å². The Morgan fingerprint density at radius 1 is 1.02 bits per heavy atom. The first-order valence-electron chi connectivity index (χ1n) is 13.1. The number of carbonyl (C=O) groups excluding carboxylic acids is 1. The maximum Gasteiger partial charge on any atom is 0.262 e. The summed E-state index contributed by atoms with van der Waals surface area (Å²) in [6, 6.07) is 21.5. The molecular formula is C30H29N5O4S. The molecule has 0 spiro atoms. The number of furan rings is 1. The van der Waals surface area contributed by atoms with E-state index >= 15 is 0 Å². The molecule has 0 unspecified atom stereocenters. The Morgan fingerprint density at radius 2 is 1.80 bits per heavy atom. The molecule has 0 aliphatic carbocycles. The van der Waals surface area contributed by atoms with E-state index in [1.807, 2.05) is 36.4 Å². The van der Waals surface area contributed by atoms with Crippen LogP contribution in [0.3, 0.4) is 0 Å². The van der Waals surface area contributed by atoms with Crippen LogP contribution in [0, 0.1) is 11.3 Å². The molecule has 10 heteroatoms. The standard InChI is InChI=1S/C30H29N5O4S/c31-20-24(30(36)32-21-27-13-9-17-39-27)18-25-22-35(26-11-4-3-5-12-26)33-29(25)23-10-8-14-28(19-23)40(37,38)34-15-6-1-2-7-16-34/h3-5,8-14,17-19,22H,1-2,6-7,15-16,21H2,(H,32,36)/b24-18-. The van der Waals surface area contributed by atoms with E-state index in [4.69, 9.17) is 9.52 Å². The SMILES string of the molecule is N#C/C(=C/c1cn(-c2ccccc2)nc1-c1cccc(S(=O)(=O)N2CCCCCC2)c1)C(=O)NCc1ccco1. The van der Waals surface area contributed by atoms with Crippen molar-refractivity contribution in [2.24, 2.45) is 0 Å². The molecule has 1 N–H and O–H groups in total. The van der Waals surface area contributed by atoms with Gasteiger partial charge in [-0.2, -0.15) is 14.7 Å². The van der Waals surface area contributed by atoms with Gasteiger partial charge in [-0.15, -0.1) is 0 Å². The Kier molecular flexibility index (Phi) is 8.24. The minimum atomic E-state index is -3.69. The van der Waals surface area contributed by atoms with Crippen molar-refractivity contribution in [1.29, 1.82) is 5.26 Å². The van der Waals surface area contributed by atoms with Crippen LogP contribution in [0.25, 0.3) is 23.0 Å². The lowest BCUT2D eigenvalue weighted by Gasteiger charge is -2.20. The van der Waals surface area contributed by atoms with Gasteiger partial charge in [-0.05, 0) is 55.3 Å². The third-order valence-corrected chi connectivity index (χ3v) is 8.64. The summed E-state index contributed by atoms with van der Waals surface area (Å²) in [5, 5.41) is 17.2. The monoisotopic (exact) mass is 555 g/mol. The highest BCUT2D eigenvalue weighted by Crippen LogP contribution is 2.29. The van der Waals surface area contributed by atoms with Gasteiger partial charge in [-0.1, -0.05) is 43.2 Å². The van der Waals surface area contributed by atoms with Crippen molar-refractivity contribution in [3.63, 3.8) is 0 Å². The minimum absolute atomic E-state index is 0.117. The Labute approximate surface area is 233 Å². The van der Waals surface area contributed by atoms with E-state index in [0.717, 1.165) is 31.4 Å². The third-order valence-electron chi connectivity index (χ3n) is 6.74. The fourth-order valence-electron chi connectivity index (χ4n) is 4.65. The molecule has 204 valence electrons. The summed E-state index contributed by atoms with van der Waals surface area (Å²) in [7, 11) is -3.69. The van der Waals surface area contributed by atoms with Crippen molar-refractivity contribution in [3.8, 4) is 23.0 Å². The Morgan fingerprint density at radius 3 is 2.50 bits per heavy atom. The van der Waals surface area contributed by atoms with E-state index in [1.54, 1.807) is 51.6 Å². The van der Waals surface area contributed by atoms with Crippen LogP contribution < -0.4 is 5.32 Å². The van der Waals surface area contributed by atoms with Gasteiger partial charge in [0.15, 0.2) is 0 Å². The van der Waals surface area contributed by atoms with Crippen molar-refractivity contribution in [3.05, 3.63) is 96.1 Å². The van der Waals surface area contributed by atoms with Crippen LogP contribution >= 0.6 is 0 Å². The molecular weight excluding hydrogens is 526 g/mol. The second-order valence-corrected chi connectivity index (χ2v) is 11.4. The topological polar surface area (TPSA) is 121 Å². The smallest absolute Gasteiger partial charge is 0.262 e. The number of hydrogen-bond donors (Lipinski definition) is 1. The van der Waals surface area contributed by atoms with Crippen LogP contribution in [-0.2, 0) is 21.4 Å². The van der Waals surface area contributed by atoms with Gasteiger partial charge in [0.1, 0.15) is 23.1 Å². The molecule has 1 amide bonds. The molecule has 1 aliphatic heterocycles. The summed E-state index contributed by atoms with van der Waals surface area (Å²) in [6.45, 7) is 1.14. The van der Waals surface area contributed by atoms with Crippen molar-refractivity contribution >= 4 is 22.0 Å². The quantitative estimate of drug-likeness (QED) is 0.243. The van der Waals surface area contributed by atoms with Crippen LogP contribution in [0.15, 0.2) is 94.1 Å². The van der Waals surface area contributed by atoms with Gasteiger partial charge >= 0.3 is 0 Å². The van der Waals surface area contributed by atoms with Crippen molar-refractivity contribution in [2.75, 3.05) is 13.1 Å². The summed E-state index contributed by atoms with van der Waals surface area (Å²) in [4.78, 5) is 13.0. The number of aromatic nitrogens is 2. The van der Waals surface area contributed by atoms with Crippen LogP contribution in [0.1, 0.15) is 37.0 Å². The van der Waals surface area contributed by atoms with E-state index in [2.05, 4.69) is 5.32 Å². The fraction of sp³-hybridized carbons (Fsp3) is 0.233. The van der Waals surface area contributed by atoms with Crippen molar-refractivity contribution in [2.45, 2.75) is 37.1 Å². The minimum Gasteiger partial charge on any atom is -0.467 e. The number of hydrogen-bond acceptors (Lipinski definition) is 6. The van der Waals surface area contributed by atoms with Crippen molar-refractivity contribution < 1.29 is 17.6 Å². The molecule has 4 aromatic rings. The number of amides is 1. The average Bonchev–Trinajstić information content (AvgIpc) is 3.57. The van der Waals surface area contributed by atoms with Crippen molar-refractivity contribution in [1.82, 2.24) is 19.4 Å². The summed E-state index contributed by atoms with van der Waals surface area (Å²) in [5.74, 6) is 0.000428. The number of para-hydroxylation sites is 1. The summed E-state index contributed by atoms with van der Waals surface area (Å²) >= 11 is 0. The normalized spacial score (nSPS) is 14.8. The van der Waals surface area contributed by atoms with E-state index in [1.165, 1.54) is 12.3 Å². The highest BCUT2D eigenvalue weighted by molar-refractivity contribution is 7.89. The van der Waals surface area contributed by atoms with E-state index < -0.39 is 15.9 Å². The van der Waals surface area contributed by atoms with Gasteiger partial charge in [-0.25, -0.2) is 13.1 Å². The van der Waals surface area contributed by atoms with E-state index in [9.17, 15) is 18.5 Å². The van der Waals surface area contributed by atoms with Crippen LogP contribution in [-0.4, -0.2) is 41.5 Å². The summed E-state index contributed by atoms with van der Waals surface area (Å²) in [5.41, 5.74) is 2.16. The molecule has 0 radical (unpaired) electrons.